The fourth-order valence-electron chi connectivity index (χ4n) is 2.72. The second-order valence-corrected chi connectivity index (χ2v) is 6.08. The molecule has 27 heavy (non-hydrogen) atoms. The first-order valence-corrected chi connectivity index (χ1v) is 8.86. The minimum absolute atomic E-state index is 0. The molecule has 0 amide bonds. The number of hydrogen-bond acceptors (Lipinski definition) is 3. The Morgan fingerprint density at radius 3 is 2.30 bits per heavy atom. The van der Waals surface area contributed by atoms with Gasteiger partial charge in [-0.1, -0.05) is 36.4 Å². The van der Waals surface area contributed by atoms with Crippen molar-refractivity contribution in [3.63, 3.8) is 0 Å². The van der Waals surface area contributed by atoms with Crippen molar-refractivity contribution in [3.8, 4) is 5.75 Å². The molecule has 0 fully saturated rings. The lowest BCUT2D eigenvalue weighted by atomic mass is 10.1. The average Bonchev–Trinajstić information content (AvgIpc) is 2.67. The number of halogens is 1. The Bertz CT molecular complexity index is 705. The van der Waals surface area contributed by atoms with Gasteiger partial charge in [0.1, 0.15) is 5.75 Å². The number of hydrogen-bond donors (Lipinski definition) is 1. The molecule has 148 valence electrons. The molecule has 0 aromatic heterocycles. The van der Waals surface area contributed by atoms with Gasteiger partial charge in [-0.3, -0.25) is 0 Å². The summed E-state index contributed by atoms with van der Waals surface area (Å²) in [5.41, 5.74) is 3.56. The summed E-state index contributed by atoms with van der Waals surface area (Å²) >= 11 is 0. The van der Waals surface area contributed by atoms with E-state index in [9.17, 15) is 0 Å². The maximum atomic E-state index is 5.28. The molecule has 0 spiro atoms. The van der Waals surface area contributed by atoms with E-state index in [0.717, 1.165) is 24.8 Å². The molecule has 6 heteroatoms. The molecule has 0 heterocycles. The molecule has 0 saturated carbocycles. The largest absolute Gasteiger partial charge is 0.497 e. The van der Waals surface area contributed by atoms with E-state index in [4.69, 9.17) is 14.5 Å². The van der Waals surface area contributed by atoms with Crippen LogP contribution in [0.1, 0.15) is 23.6 Å². The molecule has 0 bridgehead atoms. The van der Waals surface area contributed by atoms with E-state index in [1.807, 2.05) is 31.3 Å². The van der Waals surface area contributed by atoms with Crippen molar-refractivity contribution < 1.29 is 9.47 Å². The minimum Gasteiger partial charge on any atom is -0.497 e. The number of rotatable bonds is 8. The molecule has 0 aliphatic rings. The van der Waals surface area contributed by atoms with E-state index in [2.05, 4.69) is 41.4 Å². The summed E-state index contributed by atoms with van der Waals surface area (Å²) < 4.78 is 10.5. The summed E-state index contributed by atoms with van der Waals surface area (Å²) in [6.07, 6.45) is 0. The third-order valence-electron chi connectivity index (χ3n) is 4.09. The Labute approximate surface area is 179 Å². The molecule has 1 N–H and O–H groups in total. The Balaban J connectivity index is 0.00000364. The van der Waals surface area contributed by atoms with Crippen molar-refractivity contribution in [2.45, 2.75) is 26.6 Å². The molecular formula is C21H30IN3O2. The third-order valence-corrected chi connectivity index (χ3v) is 4.09. The first-order valence-electron chi connectivity index (χ1n) is 8.86. The lowest BCUT2D eigenvalue weighted by molar-refractivity contribution is 0.184. The highest BCUT2D eigenvalue weighted by Crippen LogP contribution is 2.14. The molecule has 0 saturated heterocycles. The van der Waals surface area contributed by atoms with Crippen molar-refractivity contribution in [2.24, 2.45) is 4.99 Å². The highest BCUT2D eigenvalue weighted by atomic mass is 127. The van der Waals surface area contributed by atoms with Crippen LogP contribution >= 0.6 is 24.0 Å². The number of aliphatic imine (C=N–C) groups is 1. The summed E-state index contributed by atoms with van der Waals surface area (Å²) in [6, 6.07) is 16.4. The van der Waals surface area contributed by atoms with Crippen LogP contribution in [0.2, 0.25) is 0 Å². The van der Waals surface area contributed by atoms with Gasteiger partial charge in [-0.05, 0) is 35.7 Å². The molecule has 0 aliphatic carbocycles. The highest BCUT2D eigenvalue weighted by molar-refractivity contribution is 14.0. The second-order valence-electron chi connectivity index (χ2n) is 6.08. The molecule has 0 radical (unpaired) electrons. The number of guanidine groups is 1. The summed E-state index contributed by atoms with van der Waals surface area (Å²) in [6.45, 7) is 4.90. The molecule has 2 aromatic rings. The van der Waals surface area contributed by atoms with E-state index < -0.39 is 0 Å². The summed E-state index contributed by atoms with van der Waals surface area (Å²) in [7, 11) is 5.44. The minimum atomic E-state index is 0. The van der Waals surface area contributed by atoms with Crippen molar-refractivity contribution >= 4 is 29.9 Å². The van der Waals surface area contributed by atoms with Gasteiger partial charge in [0.15, 0.2) is 5.96 Å². The molecule has 0 aliphatic heterocycles. The van der Waals surface area contributed by atoms with Gasteiger partial charge in [0.25, 0.3) is 0 Å². The zero-order chi connectivity index (χ0) is 18.8. The Morgan fingerprint density at radius 2 is 1.70 bits per heavy atom. The maximum Gasteiger partial charge on any atom is 0.194 e. The first kappa shape index (κ1) is 23.2. The van der Waals surface area contributed by atoms with Gasteiger partial charge in [0.2, 0.25) is 0 Å². The van der Waals surface area contributed by atoms with Crippen LogP contribution in [0.25, 0.3) is 0 Å². The van der Waals surface area contributed by atoms with Crippen molar-refractivity contribution in [3.05, 3.63) is 65.2 Å². The molecule has 0 unspecified atom stereocenters. The fraction of sp³-hybridized carbons (Fsp3) is 0.381. The Hall–Kier alpha value is -1.80. The SMILES string of the molecule is CCNC(=NCc1ccccc1COC)N(C)Cc1ccc(OC)cc1.I. The van der Waals surface area contributed by atoms with E-state index in [1.165, 1.54) is 16.7 Å². The second kappa shape index (κ2) is 12.6. The topological polar surface area (TPSA) is 46.1 Å². The maximum absolute atomic E-state index is 5.28. The number of nitrogens with zero attached hydrogens (tertiary/aromatic N) is 2. The molecular weight excluding hydrogens is 453 g/mol. The van der Waals surface area contributed by atoms with Gasteiger partial charge in [-0.15, -0.1) is 24.0 Å². The average molecular weight is 483 g/mol. The van der Waals surface area contributed by atoms with Crippen LogP contribution < -0.4 is 10.1 Å². The number of benzene rings is 2. The number of methoxy groups -OCH3 is 2. The standard InChI is InChI=1S/C21H29N3O2.HI/c1-5-22-21(23-14-18-8-6-7-9-19(18)16-25-3)24(2)15-17-10-12-20(26-4)13-11-17;/h6-13H,5,14-16H2,1-4H3,(H,22,23);1H. The van der Waals surface area contributed by atoms with Crippen molar-refractivity contribution in [2.75, 3.05) is 27.8 Å². The molecule has 0 atom stereocenters. The van der Waals surface area contributed by atoms with Gasteiger partial charge in [-0.2, -0.15) is 0 Å². The summed E-state index contributed by atoms with van der Waals surface area (Å²) in [5.74, 6) is 1.75. The van der Waals surface area contributed by atoms with Crippen LogP contribution in [-0.4, -0.2) is 38.7 Å². The predicted molar refractivity (Wildman–Crippen MR) is 122 cm³/mol. The van der Waals surface area contributed by atoms with Crippen molar-refractivity contribution in [1.82, 2.24) is 10.2 Å². The van der Waals surface area contributed by atoms with Crippen LogP contribution in [-0.2, 0) is 24.4 Å². The van der Waals surface area contributed by atoms with Gasteiger partial charge in [-0.25, -0.2) is 4.99 Å². The third kappa shape index (κ3) is 7.38. The Kier molecular flexibility index (Phi) is 10.8. The summed E-state index contributed by atoms with van der Waals surface area (Å²) in [4.78, 5) is 6.94. The van der Waals surface area contributed by atoms with Crippen LogP contribution in [0.15, 0.2) is 53.5 Å². The van der Waals surface area contributed by atoms with Crippen LogP contribution in [0.5, 0.6) is 5.75 Å². The fourth-order valence-corrected chi connectivity index (χ4v) is 2.72. The lowest BCUT2D eigenvalue weighted by Gasteiger charge is -2.22. The smallest absolute Gasteiger partial charge is 0.194 e. The quantitative estimate of drug-likeness (QED) is 0.350. The van der Waals surface area contributed by atoms with Gasteiger partial charge >= 0.3 is 0 Å². The number of ether oxygens (including phenoxy) is 2. The van der Waals surface area contributed by atoms with Gasteiger partial charge in [0, 0.05) is 27.2 Å². The van der Waals surface area contributed by atoms with E-state index in [1.54, 1.807) is 14.2 Å². The van der Waals surface area contributed by atoms with Gasteiger partial charge < -0.3 is 19.7 Å². The van der Waals surface area contributed by atoms with Crippen LogP contribution in [0.3, 0.4) is 0 Å². The molecule has 5 nitrogen and oxygen atoms in total. The molecule has 2 aromatic carbocycles. The lowest BCUT2D eigenvalue weighted by Crippen LogP contribution is -2.38. The van der Waals surface area contributed by atoms with Gasteiger partial charge in [0.05, 0.1) is 20.3 Å². The normalized spacial score (nSPS) is 10.9. The van der Waals surface area contributed by atoms with Crippen LogP contribution in [0.4, 0.5) is 0 Å². The summed E-state index contributed by atoms with van der Waals surface area (Å²) in [5, 5.41) is 3.37. The monoisotopic (exact) mass is 483 g/mol. The van der Waals surface area contributed by atoms with E-state index in [-0.39, 0.29) is 24.0 Å². The highest BCUT2D eigenvalue weighted by Gasteiger charge is 2.08. The molecule has 2 rings (SSSR count). The van der Waals surface area contributed by atoms with E-state index in [0.29, 0.717) is 13.2 Å². The predicted octanol–water partition coefficient (Wildman–Crippen LogP) is 4.06. The number of nitrogens with one attached hydrogen (secondary N) is 1. The zero-order valence-corrected chi connectivity index (χ0v) is 18.9. The van der Waals surface area contributed by atoms with Crippen LogP contribution in [0, 0.1) is 0 Å². The first-order chi connectivity index (χ1) is 12.7. The van der Waals surface area contributed by atoms with Crippen molar-refractivity contribution in [1.29, 1.82) is 0 Å². The Morgan fingerprint density at radius 1 is 1.04 bits per heavy atom. The van der Waals surface area contributed by atoms with E-state index >= 15 is 0 Å². The zero-order valence-electron chi connectivity index (χ0n) is 16.6.